The second kappa shape index (κ2) is 3.56. The Morgan fingerprint density at radius 3 is 2.55 bits per heavy atom. The third kappa shape index (κ3) is 2.74. The van der Waals surface area contributed by atoms with Gasteiger partial charge in [-0.15, -0.1) is 0 Å². The summed E-state index contributed by atoms with van der Waals surface area (Å²) in [5.74, 6) is -0.0181. The molecular formula is C9H14O2. The highest BCUT2D eigenvalue weighted by atomic mass is 16.4. The van der Waals surface area contributed by atoms with E-state index in [4.69, 9.17) is 5.11 Å². The van der Waals surface area contributed by atoms with E-state index in [1.54, 1.807) is 0 Å². The summed E-state index contributed by atoms with van der Waals surface area (Å²) in [6.07, 6.45) is 5.63. The van der Waals surface area contributed by atoms with Crippen LogP contribution in [0, 0.1) is 5.92 Å². The molecule has 0 saturated heterocycles. The van der Waals surface area contributed by atoms with Gasteiger partial charge in [-0.2, -0.15) is 0 Å². The summed E-state index contributed by atoms with van der Waals surface area (Å²) in [6, 6.07) is 0. The summed E-state index contributed by atoms with van der Waals surface area (Å²) in [7, 11) is 0. The smallest absolute Gasteiger partial charge is 0.328 e. The van der Waals surface area contributed by atoms with Gasteiger partial charge >= 0.3 is 5.97 Å². The maximum Gasteiger partial charge on any atom is 0.328 e. The second-order valence-electron chi connectivity index (χ2n) is 3.32. The number of allylic oxidation sites excluding steroid dienone is 1. The number of hydrogen-bond donors (Lipinski definition) is 1. The molecule has 1 saturated carbocycles. The average Bonchev–Trinajstić information content (AvgIpc) is 1.93. The number of aliphatic carboxylic acids is 1. The topological polar surface area (TPSA) is 37.3 Å². The molecular weight excluding hydrogens is 140 g/mol. The fourth-order valence-electron chi connectivity index (χ4n) is 1.45. The van der Waals surface area contributed by atoms with Crippen molar-refractivity contribution in [1.82, 2.24) is 0 Å². The van der Waals surface area contributed by atoms with Crippen molar-refractivity contribution in [2.75, 3.05) is 0 Å². The molecule has 0 atom stereocenters. The molecule has 0 unspecified atom stereocenters. The van der Waals surface area contributed by atoms with Crippen molar-refractivity contribution < 1.29 is 9.90 Å². The highest BCUT2D eigenvalue weighted by molar-refractivity contribution is 5.80. The summed E-state index contributed by atoms with van der Waals surface area (Å²) < 4.78 is 0. The van der Waals surface area contributed by atoms with Gasteiger partial charge in [-0.3, -0.25) is 0 Å². The molecule has 1 N–H and O–H groups in total. The Kier molecular flexibility index (Phi) is 2.69. The number of hydrogen-bond acceptors (Lipinski definition) is 1. The average molecular weight is 154 g/mol. The summed E-state index contributed by atoms with van der Waals surface area (Å²) in [6.45, 7) is 2.22. The molecule has 0 heterocycles. The van der Waals surface area contributed by atoms with E-state index in [0.717, 1.165) is 37.2 Å². The van der Waals surface area contributed by atoms with Crippen LogP contribution in [0.15, 0.2) is 11.6 Å². The zero-order chi connectivity index (χ0) is 8.27. The van der Waals surface area contributed by atoms with Crippen LogP contribution in [-0.2, 0) is 4.79 Å². The molecule has 0 amide bonds. The minimum Gasteiger partial charge on any atom is -0.478 e. The fourth-order valence-corrected chi connectivity index (χ4v) is 1.45. The third-order valence-corrected chi connectivity index (χ3v) is 2.24. The molecule has 1 aliphatic carbocycles. The van der Waals surface area contributed by atoms with Gasteiger partial charge < -0.3 is 5.11 Å². The molecule has 2 nitrogen and oxygen atoms in total. The zero-order valence-corrected chi connectivity index (χ0v) is 6.84. The Labute approximate surface area is 66.9 Å². The fraction of sp³-hybridized carbons (Fsp3) is 0.667. The molecule has 62 valence electrons. The number of carboxylic acid groups (broad SMARTS) is 1. The van der Waals surface area contributed by atoms with Gasteiger partial charge in [-0.25, -0.2) is 4.79 Å². The van der Waals surface area contributed by atoms with Gasteiger partial charge in [0.2, 0.25) is 0 Å². The summed E-state index contributed by atoms with van der Waals surface area (Å²) in [5.41, 5.74) is 1.11. The number of carboxylic acids is 1. The first kappa shape index (κ1) is 8.31. The van der Waals surface area contributed by atoms with Gasteiger partial charge in [0.15, 0.2) is 0 Å². The third-order valence-electron chi connectivity index (χ3n) is 2.24. The SMILES string of the molecule is CC1CCC(=CC(=O)O)CC1. The Morgan fingerprint density at radius 2 is 2.09 bits per heavy atom. The van der Waals surface area contributed by atoms with Gasteiger partial charge in [0.25, 0.3) is 0 Å². The Bertz CT molecular complexity index is 172. The van der Waals surface area contributed by atoms with E-state index in [9.17, 15) is 4.79 Å². The van der Waals surface area contributed by atoms with E-state index in [1.807, 2.05) is 0 Å². The molecule has 0 aliphatic heterocycles. The van der Waals surface area contributed by atoms with Crippen molar-refractivity contribution in [3.63, 3.8) is 0 Å². The lowest BCUT2D eigenvalue weighted by atomic mass is 9.87. The summed E-state index contributed by atoms with van der Waals surface area (Å²) >= 11 is 0. The first-order valence-corrected chi connectivity index (χ1v) is 4.11. The molecule has 0 aromatic rings. The van der Waals surface area contributed by atoms with Gasteiger partial charge in [0, 0.05) is 6.08 Å². The predicted octanol–water partition coefficient (Wildman–Crippen LogP) is 2.21. The van der Waals surface area contributed by atoms with Crippen molar-refractivity contribution in [3.05, 3.63) is 11.6 Å². The van der Waals surface area contributed by atoms with E-state index in [1.165, 1.54) is 6.08 Å². The van der Waals surface area contributed by atoms with Crippen LogP contribution in [0.3, 0.4) is 0 Å². The van der Waals surface area contributed by atoms with Crippen molar-refractivity contribution in [1.29, 1.82) is 0 Å². The summed E-state index contributed by atoms with van der Waals surface area (Å²) in [4.78, 5) is 10.3. The molecule has 0 aromatic heterocycles. The molecule has 11 heavy (non-hydrogen) atoms. The molecule has 2 heteroatoms. The Hall–Kier alpha value is -0.790. The molecule has 0 aromatic carbocycles. The van der Waals surface area contributed by atoms with Crippen LogP contribution in [0.25, 0.3) is 0 Å². The molecule has 1 rings (SSSR count). The first-order chi connectivity index (χ1) is 5.18. The Morgan fingerprint density at radius 1 is 1.55 bits per heavy atom. The number of rotatable bonds is 1. The minimum absolute atomic E-state index is 0.779. The minimum atomic E-state index is -0.797. The molecule has 0 spiro atoms. The number of carbonyl (C=O) groups is 1. The second-order valence-corrected chi connectivity index (χ2v) is 3.32. The van der Waals surface area contributed by atoms with Gasteiger partial charge in [0.05, 0.1) is 0 Å². The largest absolute Gasteiger partial charge is 0.478 e. The van der Waals surface area contributed by atoms with Crippen LogP contribution in [0.4, 0.5) is 0 Å². The lowest BCUT2D eigenvalue weighted by Crippen LogP contribution is -2.05. The normalized spacial score (nSPS) is 24.8. The van der Waals surface area contributed by atoms with Crippen molar-refractivity contribution in [3.8, 4) is 0 Å². The highest BCUT2D eigenvalue weighted by Crippen LogP contribution is 2.27. The maximum atomic E-state index is 10.3. The van der Waals surface area contributed by atoms with Crippen LogP contribution in [0.1, 0.15) is 32.6 Å². The van der Waals surface area contributed by atoms with Crippen LogP contribution in [-0.4, -0.2) is 11.1 Å². The zero-order valence-electron chi connectivity index (χ0n) is 6.84. The maximum absolute atomic E-state index is 10.3. The quantitative estimate of drug-likeness (QED) is 0.588. The van der Waals surface area contributed by atoms with Gasteiger partial charge in [0.1, 0.15) is 0 Å². The monoisotopic (exact) mass is 154 g/mol. The van der Waals surface area contributed by atoms with Crippen molar-refractivity contribution >= 4 is 5.97 Å². The lowest BCUT2D eigenvalue weighted by molar-refractivity contribution is -0.131. The van der Waals surface area contributed by atoms with Crippen LogP contribution in [0.2, 0.25) is 0 Å². The van der Waals surface area contributed by atoms with E-state index < -0.39 is 5.97 Å². The van der Waals surface area contributed by atoms with Gasteiger partial charge in [-0.05, 0) is 31.6 Å². The molecule has 1 aliphatic rings. The first-order valence-electron chi connectivity index (χ1n) is 4.11. The van der Waals surface area contributed by atoms with E-state index >= 15 is 0 Å². The van der Waals surface area contributed by atoms with Gasteiger partial charge in [-0.1, -0.05) is 12.5 Å². The molecule has 0 radical (unpaired) electrons. The lowest BCUT2D eigenvalue weighted by Gasteiger charge is -2.19. The highest BCUT2D eigenvalue weighted by Gasteiger charge is 2.12. The Balaban J connectivity index is 2.45. The van der Waals surface area contributed by atoms with E-state index in [0.29, 0.717) is 0 Å². The van der Waals surface area contributed by atoms with Crippen molar-refractivity contribution in [2.45, 2.75) is 32.6 Å². The van der Waals surface area contributed by atoms with E-state index in [-0.39, 0.29) is 0 Å². The van der Waals surface area contributed by atoms with Crippen LogP contribution < -0.4 is 0 Å². The van der Waals surface area contributed by atoms with Crippen LogP contribution >= 0.6 is 0 Å². The molecule has 0 bridgehead atoms. The van der Waals surface area contributed by atoms with Crippen molar-refractivity contribution in [2.24, 2.45) is 5.92 Å². The summed E-state index contributed by atoms with van der Waals surface area (Å²) in [5, 5.41) is 8.46. The van der Waals surface area contributed by atoms with Crippen LogP contribution in [0.5, 0.6) is 0 Å². The predicted molar refractivity (Wildman–Crippen MR) is 43.4 cm³/mol. The molecule has 1 fully saturated rings. The standard InChI is InChI=1S/C9H14O2/c1-7-2-4-8(5-3-7)6-9(10)11/h6-7H,2-5H2,1H3,(H,10,11). The van der Waals surface area contributed by atoms with E-state index in [2.05, 4.69) is 6.92 Å².